The summed E-state index contributed by atoms with van der Waals surface area (Å²) in [5.74, 6) is -1.04. The van der Waals surface area contributed by atoms with Gasteiger partial charge < -0.3 is 15.1 Å². The molecular weight excluding hydrogens is 334 g/mol. The summed E-state index contributed by atoms with van der Waals surface area (Å²) >= 11 is 6.23. The average Bonchev–Trinajstić information content (AvgIpc) is 2.58. The number of aliphatic hydroxyl groups excluding tert-OH is 1. The smallest absolute Gasteiger partial charge is 0.335 e. The molecule has 1 aliphatic heterocycles. The number of nitrogens with zero attached hydrogens (tertiary/aromatic N) is 3. The zero-order valence-electron chi connectivity index (χ0n) is 12.7. The second-order valence-electron chi connectivity index (χ2n) is 5.63. The zero-order valence-corrected chi connectivity index (χ0v) is 13.5. The number of rotatable bonds is 3. The Hall–Kier alpha value is -2.38. The Morgan fingerprint density at radius 1 is 1.21 bits per heavy atom. The zero-order chi connectivity index (χ0) is 17.3. The molecule has 1 saturated heterocycles. The van der Waals surface area contributed by atoms with Crippen LogP contribution in [-0.4, -0.2) is 45.2 Å². The van der Waals surface area contributed by atoms with Gasteiger partial charge in [0.25, 0.3) is 5.56 Å². The fourth-order valence-electron chi connectivity index (χ4n) is 2.68. The Morgan fingerprint density at radius 2 is 1.83 bits per heavy atom. The first-order chi connectivity index (χ1) is 11.5. The van der Waals surface area contributed by atoms with Crippen LogP contribution in [0, 0.1) is 0 Å². The number of hydrogen-bond donors (Lipinski definition) is 2. The third-order valence-electron chi connectivity index (χ3n) is 4.06. The van der Waals surface area contributed by atoms with Crippen LogP contribution in [0.2, 0.25) is 5.02 Å². The van der Waals surface area contributed by atoms with Crippen LogP contribution in [0.3, 0.4) is 0 Å². The number of aliphatic hydroxyl groups is 1. The van der Waals surface area contributed by atoms with E-state index in [1.165, 1.54) is 30.5 Å². The van der Waals surface area contributed by atoms with Gasteiger partial charge in [0.05, 0.1) is 29.2 Å². The molecule has 24 heavy (non-hydrogen) atoms. The normalized spacial score (nSPS) is 15.5. The summed E-state index contributed by atoms with van der Waals surface area (Å²) in [4.78, 5) is 25.3. The van der Waals surface area contributed by atoms with Crippen molar-refractivity contribution < 1.29 is 15.0 Å². The summed E-state index contributed by atoms with van der Waals surface area (Å²) < 4.78 is 1.14. The van der Waals surface area contributed by atoms with Crippen molar-refractivity contribution in [3.8, 4) is 5.69 Å². The van der Waals surface area contributed by atoms with Gasteiger partial charge in [0, 0.05) is 13.1 Å². The minimum atomic E-state index is -1.04. The number of anilines is 1. The van der Waals surface area contributed by atoms with Crippen molar-refractivity contribution in [2.45, 2.75) is 18.9 Å². The quantitative estimate of drug-likeness (QED) is 0.872. The van der Waals surface area contributed by atoms with E-state index in [1.54, 1.807) is 0 Å². The summed E-state index contributed by atoms with van der Waals surface area (Å²) in [7, 11) is 0. The van der Waals surface area contributed by atoms with Crippen molar-refractivity contribution in [1.82, 2.24) is 9.78 Å². The molecule has 0 radical (unpaired) electrons. The van der Waals surface area contributed by atoms with Gasteiger partial charge in [-0.1, -0.05) is 11.6 Å². The van der Waals surface area contributed by atoms with Gasteiger partial charge in [-0.15, -0.1) is 0 Å². The van der Waals surface area contributed by atoms with Crippen molar-refractivity contribution in [2.75, 3.05) is 18.0 Å². The first kappa shape index (κ1) is 16.5. The molecule has 2 aromatic rings. The molecule has 1 aromatic carbocycles. The molecule has 0 bridgehead atoms. The van der Waals surface area contributed by atoms with Gasteiger partial charge in [0.1, 0.15) is 5.02 Å². The molecule has 126 valence electrons. The lowest BCUT2D eigenvalue weighted by atomic mass is 10.1. The fourth-order valence-corrected chi connectivity index (χ4v) is 2.93. The summed E-state index contributed by atoms with van der Waals surface area (Å²) in [6.45, 7) is 1.22. The number of carboxylic acid groups (broad SMARTS) is 1. The van der Waals surface area contributed by atoms with Crippen molar-refractivity contribution in [1.29, 1.82) is 0 Å². The molecule has 0 saturated carbocycles. The number of aromatic nitrogens is 2. The largest absolute Gasteiger partial charge is 0.478 e. The Balaban J connectivity index is 1.92. The van der Waals surface area contributed by atoms with Gasteiger partial charge in [-0.2, -0.15) is 9.78 Å². The molecule has 1 aliphatic rings. The highest BCUT2D eigenvalue weighted by molar-refractivity contribution is 6.33. The third-order valence-corrected chi connectivity index (χ3v) is 4.42. The van der Waals surface area contributed by atoms with E-state index in [2.05, 4.69) is 5.10 Å². The van der Waals surface area contributed by atoms with Crippen LogP contribution in [0.15, 0.2) is 35.3 Å². The standard InChI is InChI=1S/C16H16ClN3O4/c17-14-13(19-7-5-12(21)6-8-19)9-18-20(15(14)22)11-3-1-10(2-4-11)16(23)24/h1-4,9,12,21H,5-8H2,(H,23,24). The predicted octanol–water partition coefficient (Wildman–Crippen LogP) is 1.55. The molecule has 2 heterocycles. The van der Waals surface area contributed by atoms with Gasteiger partial charge in [-0.3, -0.25) is 4.79 Å². The van der Waals surface area contributed by atoms with E-state index in [9.17, 15) is 14.7 Å². The molecule has 0 atom stereocenters. The van der Waals surface area contributed by atoms with Crippen LogP contribution >= 0.6 is 11.6 Å². The third kappa shape index (κ3) is 3.13. The molecule has 1 aromatic heterocycles. The van der Waals surface area contributed by atoms with E-state index in [1.807, 2.05) is 4.90 Å². The molecule has 0 unspecified atom stereocenters. The first-order valence-corrected chi connectivity index (χ1v) is 7.90. The molecule has 8 heteroatoms. The number of carboxylic acids is 1. The van der Waals surface area contributed by atoms with Crippen molar-refractivity contribution in [3.63, 3.8) is 0 Å². The molecule has 0 aliphatic carbocycles. The molecule has 2 N–H and O–H groups in total. The van der Waals surface area contributed by atoms with E-state index in [4.69, 9.17) is 16.7 Å². The monoisotopic (exact) mass is 349 g/mol. The highest BCUT2D eigenvalue weighted by atomic mass is 35.5. The van der Waals surface area contributed by atoms with Crippen LogP contribution in [-0.2, 0) is 0 Å². The lowest BCUT2D eigenvalue weighted by molar-refractivity contribution is 0.0697. The fraction of sp³-hybridized carbons (Fsp3) is 0.312. The lowest BCUT2D eigenvalue weighted by Crippen LogP contribution is -2.37. The van der Waals surface area contributed by atoms with Gasteiger partial charge in [0.2, 0.25) is 0 Å². The van der Waals surface area contributed by atoms with E-state index < -0.39 is 11.5 Å². The van der Waals surface area contributed by atoms with Gasteiger partial charge in [-0.05, 0) is 37.1 Å². The number of piperidine rings is 1. The maximum Gasteiger partial charge on any atom is 0.335 e. The molecule has 0 amide bonds. The number of carbonyl (C=O) groups is 1. The van der Waals surface area contributed by atoms with Crippen molar-refractivity contribution in [3.05, 3.63) is 51.4 Å². The highest BCUT2D eigenvalue weighted by Gasteiger charge is 2.21. The van der Waals surface area contributed by atoms with E-state index in [-0.39, 0.29) is 16.7 Å². The van der Waals surface area contributed by atoms with E-state index in [0.717, 1.165) is 4.68 Å². The van der Waals surface area contributed by atoms with Crippen LogP contribution < -0.4 is 10.5 Å². The van der Waals surface area contributed by atoms with Crippen molar-refractivity contribution >= 4 is 23.3 Å². The Kier molecular flexibility index (Phi) is 4.55. The molecular formula is C16H16ClN3O4. The summed E-state index contributed by atoms with van der Waals surface area (Å²) in [6, 6.07) is 5.81. The number of aromatic carboxylic acids is 1. The summed E-state index contributed by atoms with van der Waals surface area (Å²) in [6.07, 6.45) is 2.44. The van der Waals surface area contributed by atoms with Gasteiger partial charge >= 0.3 is 5.97 Å². The minimum Gasteiger partial charge on any atom is -0.478 e. The molecule has 1 fully saturated rings. The Labute approximate surface area is 142 Å². The van der Waals surface area contributed by atoms with Crippen LogP contribution in [0.4, 0.5) is 5.69 Å². The number of halogens is 1. The highest BCUT2D eigenvalue weighted by Crippen LogP contribution is 2.25. The van der Waals surface area contributed by atoms with Crippen LogP contribution in [0.5, 0.6) is 0 Å². The lowest BCUT2D eigenvalue weighted by Gasteiger charge is -2.31. The van der Waals surface area contributed by atoms with Gasteiger partial charge in [-0.25, -0.2) is 4.79 Å². The SMILES string of the molecule is O=C(O)c1ccc(-n2ncc(N3CCC(O)CC3)c(Cl)c2=O)cc1. The van der Waals surface area contributed by atoms with Crippen LogP contribution in [0.25, 0.3) is 5.69 Å². The van der Waals surface area contributed by atoms with Gasteiger partial charge in [0.15, 0.2) is 0 Å². The Bertz CT molecular complexity index is 811. The maximum atomic E-state index is 12.5. The first-order valence-electron chi connectivity index (χ1n) is 7.52. The molecule has 0 spiro atoms. The van der Waals surface area contributed by atoms with E-state index >= 15 is 0 Å². The predicted molar refractivity (Wildman–Crippen MR) is 89.3 cm³/mol. The summed E-state index contributed by atoms with van der Waals surface area (Å²) in [5.41, 5.74) is 0.643. The number of hydrogen-bond acceptors (Lipinski definition) is 5. The summed E-state index contributed by atoms with van der Waals surface area (Å²) in [5, 5.41) is 22.7. The second-order valence-corrected chi connectivity index (χ2v) is 6.01. The maximum absolute atomic E-state index is 12.5. The second kappa shape index (κ2) is 6.62. The topological polar surface area (TPSA) is 95.7 Å². The minimum absolute atomic E-state index is 0.0590. The molecule has 7 nitrogen and oxygen atoms in total. The average molecular weight is 350 g/mol. The van der Waals surface area contributed by atoms with Crippen LogP contribution in [0.1, 0.15) is 23.2 Å². The van der Waals surface area contributed by atoms with Crippen molar-refractivity contribution in [2.24, 2.45) is 0 Å². The van der Waals surface area contributed by atoms with E-state index in [0.29, 0.717) is 37.3 Å². The number of benzene rings is 1. The Morgan fingerprint density at radius 3 is 2.42 bits per heavy atom. The molecule has 3 rings (SSSR count).